The lowest BCUT2D eigenvalue weighted by Crippen LogP contribution is -2.49. The van der Waals surface area contributed by atoms with Gasteiger partial charge >= 0.3 is 5.97 Å². The maximum atomic E-state index is 13.1. The molecular weight excluding hydrogens is 354 g/mol. The van der Waals surface area contributed by atoms with Crippen molar-refractivity contribution in [1.29, 1.82) is 0 Å². The van der Waals surface area contributed by atoms with Crippen LogP contribution in [-0.4, -0.2) is 27.3 Å². The molecule has 0 bridgehead atoms. The quantitative estimate of drug-likeness (QED) is 0.710. The third-order valence-corrected chi connectivity index (χ3v) is 4.95. The van der Waals surface area contributed by atoms with Crippen LogP contribution in [-0.2, 0) is 16.0 Å². The molecule has 4 rings (SSSR count). The third kappa shape index (κ3) is 3.07. The maximum Gasteiger partial charge on any atom is 0.339 e. The Kier molecular flexibility index (Phi) is 4.26. The largest absolute Gasteiger partial charge is 0.445 e. The fraction of sp³-hybridized carbons (Fsp3) is 0.227. The zero-order chi connectivity index (χ0) is 19.9. The average molecular weight is 375 g/mol. The van der Waals surface area contributed by atoms with Gasteiger partial charge in [0.25, 0.3) is 5.91 Å². The zero-order valence-corrected chi connectivity index (χ0v) is 16.0. The topological polar surface area (TPSA) is 73.2 Å². The van der Waals surface area contributed by atoms with E-state index in [2.05, 4.69) is 10.4 Å². The van der Waals surface area contributed by atoms with Gasteiger partial charge in [-0.25, -0.2) is 9.48 Å². The van der Waals surface area contributed by atoms with Gasteiger partial charge in [0.2, 0.25) is 0 Å². The number of hydrogen-bond acceptors (Lipinski definition) is 4. The molecule has 142 valence electrons. The van der Waals surface area contributed by atoms with Crippen molar-refractivity contribution in [2.45, 2.75) is 32.8 Å². The molecule has 1 aromatic heterocycles. The molecule has 3 aromatic rings. The minimum Gasteiger partial charge on any atom is -0.445 e. The van der Waals surface area contributed by atoms with Crippen molar-refractivity contribution in [3.8, 4) is 5.69 Å². The molecule has 1 amide bonds. The smallest absolute Gasteiger partial charge is 0.339 e. The summed E-state index contributed by atoms with van der Waals surface area (Å²) in [4.78, 5) is 25.5. The highest BCUT2D eigenvalue weighted by Crippen LogP contribution is 2.30. The number of cyclic esters (lactones) is 1. The van der Waals surface area contributed by atoms with Crippen molar-refractivity contribution >= 4 is 17.6 Å². The number of amides is 1. The Morgan fingerprint density at radius 3 is 2.61 bits per heavy atom. The Morgan fingerprint density at radius 1 is 1.14 bits per heavy atom. The number of carbonyl (C=O) groups is 2. The van der Waals surface area contributed by atoms with Crippen molar-refractivity contribution in [2.24, 2.45) is 0 Å². The molecule has 0 spiro atoms. The van der Waals surface area contributed by atoms with Crippen LogP contribution in [0.25, 0.3) is 5.69 Å². The molecular formula is C22H21N3O3. The van der Waals surface area contributed by atoms with E-state index in [1.165, 1.54) is 0 Å². The van der Waals surface area contributed by atoms with E-state index < -0.39 is 11.6 Å². The number of nitrogens with zero attached hydrogens (tertiary/aromatic N) is 2. The highest BCUT2D eigenvalue weighted by Gasteiger charge is 2.42. The lowest BCUT2D eigenvalue weighted by Gasteiger charge is -2.33. The van der Waals surface area contributed by atoms with E-state index in [9.17, 15) is 9.59 Å². The van der Waals surface area contributed by atoms with Crippen LogP contribution >= 0.6 is 0 Å². The molecule has 2 heterocycles. The standard InChI is InChI=1S/C22H21N3O3/c1-14-12-15(2)25(24-14)19-11-7-6-10-18(19)23-21(27)22(3)13-16-8-4-5-9-17(16)20(26)28-22/h4-12H,13H2,1-3H3,(H,23,27). The van der Waals surface area contributed by atoms with Crippen molar-refractivity contribution in [3.63, 3.8) is 0 Å². The molecule has 0 saturated carbocycles. The van der Waals surface area contributed by atoms with Gasteiger partial charge in [0.1, 0.15) is 0 Å². The molecule has 0 saturated heterocycles. The third-order valence-electron chi connectivity index (χ3n) is 4.95. The molecule has 1 atom stereocenters. The summed E-state index contributed by atoms with van der Waals surface area (Å²) >= 11 is 0. The molecule has 1 unspecified atom stereocenters. The molecule has 0 aliphatic carbocycles. The minimum atomic E-state index is -1.28. The van der Waals surface area contributed by atoms with E-state index in [4.69, 9.17) is 4.74 Å². The van der Waals surface area contributed by atoms with Gasteiger partial charge in [-0.2, -0.15) is 5.10 Å². The van der Waals surface area contributed by atoms with Crippen LogP contribution in [0, 0.1) is 13.8 Å². The predicted octanol–water partition coefficient (Wildman–Crippen LogP) is 3.60. The summed E-state index contributed by atoms with van der Waals surface area (Å²) in [6.07, 6.45) is 0.322. The molecule has 6 nitrogen and oxygen atoms in total. The van der Waals surface area contributed by atoms with E-state index in [0.29, 0.717) is 17.7 Å². The number of aromatic nitrogens is 2. The fourth-order valence-corrected chi connectivity index (χ4v) is 3.55. The first kappa shape index (κ1) is 18.0. The van der Waals surface area contributed by atoms with Crippen LogP contribution in [0.3, 0.4) is 0 Å². The molecule has 1 aliphatic rings. The van der Waals surface area contributed by atoms with E-state index in [-0.39, 0.29) is 5.91 Å². The molecule has 6 heteroatoms. The maximum absolute atomic E-state index is 13.1. The van der Waals surface area contributed by atoms with Gasteiger partial charge in [-0.3, -0.25) is 4.79 Å². The summed E-state index contributed by atoms with van der Waals surface area (Å²) in [5.41, 5.74) is 3.25. The molecule has 0 fully saturated rings. The van der Waals surface area contributed by atoms with E-state index >= 15 is 0 Å². The molecule has 1 aliphatic heterocycles. The number of esters is 1. The van der Waals surface area contributed by atoms with Crippen LogP contribution in [0.5, 0.6) is 0 Å². The van der Waals surface area contributed by atoms with Gasteiger partial charge in [0, 0.05) is 12.1 Å². The van der Waals surface area contributed by atoms with Crippen molar-refractivity contribution in [2.75, 3.05) is 5.32 Å². The lowest BCUT2D eigenvalue weighted by molar-refractivity contribution is -0.134. The van der Waals surface area contributed by atoms with Crippen LogP contribution in [0.1, 0.15) is 34.2 Å². The van der Waals surface area contributed by atoms with Gasteiger partial charge < -0.3 is 10.1 Å². The first-order chi connectivity index (χ1) is 13.4. The number of rotatable bonds is 3. The van der Waals surface area contributed by atoms with Gasteiger partial charge in [0.15, 0.2) is 5.60 Å². The number of hydrogen-bond donors (Lipinski definition) is 1. The summed E-state index contributed by atoms with van der Waals surface area (Å²) in [5, 5.41) is 7.43. The normalized spacial score (nSPS) is 18.3. The second-order valence-corrected chi connectivity index (χ2v) is 7.26. The average Bonchev–Trinajstić information content (AvgIpc) is 3.00. The van der Waals surface area contributed by atoms with Crippen molar-refractivity contribution in [3.05, 3.63) is 77.1 Å². The summed E-state index contributed by atoms with van der Waals surface area (Å²) in [5.74, 6) is -0.851. The second-order valence-electron chi connectivity index (χ2n) is 7.26. The molecule has 2 aromatic carbocycles. The summed E-state index contributed by atoms with van der Waals surface area (Å²) in [7, 11) is 0. The number of aryl methyl sites for hydroxylation is 2. The minimum absolute atomic E-state index is 0.322. The number of nitrogens with one attached hydrogen (secondary N) is 1. The Bertz CT molecular complexity index is 1090. The Labute approximate surface area is 163 Å². The van der Waals surface area contributed by atoms with Crippen molar-refractivity contribution in [1.82, 2.24) is 9.78 Å². The summed E-state index contributed by atoms with van der Waals surface area (Å²) < 4.78 is 7.32. The second kappa shape index (κ2) is 6.64. The number of carbonyl (C=O) groups excluding carboxylic acids is 2. The van der Waals surface area contributed by atoms with Crippen LogP contribution < -0.4 is 5.32 Å². The first-order valence-electron chi connectivity index (χ1n) is 9.13. The Balaban J connectivity index is 1.65. The zero-order valence-electron chi connectivity index (χ0n) is 16.0. The summed E-state index contributed by atoms with van der Waals surface area (Å²) in [6.45, 7) is 5.52. The molecule has 0 radical (unpaired) electrons. The first-order valence-corrected chi connectivity index (χ1v) is 9.13. The van der Waals surface area contributed by atoms with E-state index in [1.54, 1.807) is 23.7 Å². The van der Waals surface area contributed by atoms with Gasteiger partial charge in [-0.15, -0.1) is 0 Å². The number of benzene rings is 2. The van der Waals surface area contributed by atoms with E-state index in [0.717, 1.165) is 22.6 Å². The van der Waals surface area contributed by atoms with Gasteiger partial charge in [-0.1, -0.05) is 30.3 Å². The Morgan fingerprint density at radius 2 is 1.86 bits per heavy atom. The predicted molar refractivity (Wildman–Crippen MR) is 106 cm³/mol. The number of fused-ring (bicyclic) bond motifs is 1. The number of ether oxygens (including phenoxy) is 1. The summed E-state index contributed by atoms with van der Waals surface area (Å²) in [6, 6.07) is 16.6. The molecule has 28 heavy (non-hydrogen) atoms. The van der Waals surface area contributed by atoms with Crippen LogP contribution in [0.4, 0.5) is 5.69 Å². The van der Waals surface area contributed by atoms with E-state index in [1.807, 2.05) is 56.3 Å². The number of para-hydroxylation sites is 2. The fourth-order valence-electron chi connectivity index (χ4n) is 3.55. The van der Waals surface area contributed by atoms with Crippen molar-refractivity contribution < 1.29 is 14.3 Å². The highest BCUT2D eigenvalue weighted by atomic mass is 16.6. The van der Waals surface area contributed by atoms with Gasteiger partial charge in [-0.05, 0) is 50.6 Å². The monoisotopic (exact) mass is 375 g/mol. The molecule has 1 N–H and O–H groups in total. The van der Waals surface area contributed by atoms with Crippen LogP contribution in [0.15, 0.2) is 54.6 Å². The van der Waals surface area contributed by atoms with Crippen LogP contribution in [0.2, 0.25) is 0 Å². The number of anilines is 1. The highest BCUT2D eigenvalue weighted by molar-refractivity contribution is 6.03. The van der Waals surface area contributed by atoms with Gasteiger partial charge in [0.05, 0.1) is 22.6 Å². The SMILES string of the molecule is Cc1cc(C)n(-c2ccccc2NC(=O)C2(C)Cc3ccccc3C(=O)O2)n1. The Hall–Kier alpha value is -3.41. The lowest BCUT2D eigenvalue weighted by atomic mass is 9.89.